The summed E-state index contributed by atoms with van der Waals surface area (Å²) < 4.78 is 0. The fourth-order valence-electron chi connectivity index (χ4n) is 1.94. The van der Waals surface area contributed by atoms with Crippen molar-refractivity contribution >= 4 is 23.6 Å². The van der Waals surface area contributed by atoms with Crippen LogP contribution in [0.1, 0.15) is 18.0 Å². The van der Waals surface area contributed by atoms with E-state index < -0.39 is 12.0 Å². The minimum Gasteiger partial charge on any atom is -0.479 e. The van der Waals surface area contributed by atoms with Crippen LogP contribution in [0.2, 0.25) is 0 Å². The Hall–Kier alpha value is -2.27. The fourth-order valence-corrected chi connectivity index (χ4v) is 2.82. The number of aliphatic carboxylic acids is 1. The predicted molar refractivity (Wildman–Crippen MR) is 86.7 cm³/mol. The summed E-state index contributed by atoms with van der Waals surface area (Å²) in [6.45, 7) is 0. The number of hydrogen-bond donors (Lipinski definition) is 2. The van der Waals surface area contributed by atoms with Gasteiger partial charge in [-0.15, -0.1) is 11.8 Å². The van der Waals surface area contributed by atoms with Gasteiger partial charge >= 0.3 is 5.97 Å². The van der Waals surface area contributed by atoms with Crippen LogP contribution in [-0.4, -0.2) is 22.7 Å². The SMILES string of the molecule is O=C(CCSc1ccccc1)NC(C(=O)O)c1ccccc1. The Kier molecular flexibility index (Phi) is 6.03. The fraction of sp³-hybridized carbons (Fsp3) is 0.176. The summed E-state index contributed by atoms with van der Waals surface area (Å²) in [5.41, 5.74) is 0.569. The van der Waals surface area contributed by atoms with E-state index in [0.717, 1.165) is 4.90 Å². The van der Waals surface area contributed by atoms with Crippen LogP contribution in [0, 0.1) is 0 Å². The van der Waals surface area contributed by atoms with E-state index in [4.69, 9.17) is 0 Å². The van der Waals surface area contributed by atoms with Crippen LogP contribution in [0.3, 0.4) is 0 Å². The molecular formula is C17H17NO3S. The van der Waals surface area contributed by atoms with Crippen LogP contribution in [0.15, 0.2) is 65.6 Å². The molecule has 1 atom stereocenters. The van der Waals surface area contributed by atoms with Crippen molar-refractivity contribution < 1.29 is 14.7 Å². The van der Waals surface area contributed by atoms with E-state index in [2.05, 4.69) is 5.32 Å². The number of thioether (sulfide) groups is 1. The van der Waals surface area contributed by atoms with Crippen LogP contribution in [0.25, 0.3) is 0 Å². The molecule has 0 fully saturated rings. The highest BCUT2D eigenvalue weighted by Crippen LogP contribution is 2.18. The Balaban J connectivity index is 1.85. The summed E-state index contributed by atoms with van der Waals surface area (Å²) in [5.74, 6) is -0.716. The summed E-state index contributed by atoms with van der Waals surface area (Å²) in [6, 6.07) is 17.5. The third-order valence-corrected chi connectivity index (χ3v) is 4.04. The molecule has 0 aliphatic rings. The average Bonchev–Trinajstić information content (AvgIpc) is 2.54. The standard InChI is InChI=1S/C17H17NO3S/c19-15(11-12-22-14-9-5-2-6-10-14)18-16(17(20)21)13-7-3-1-4-8-13/h1-10,16H,11-12H2,(H,18,19)(H,20,21). The first-order chi connectivity index (χ1) is 10.7. The second-order valence-electron chi connectivity index (χ2n) is 4.66. The van der Waals surface area contributed by atoms with Gasteiger partial charge in [0.1, 0.15) is 0 Å². The molecule has 114 valence electrons. The number of amides is 1. The highest BCUT2D eigenvalue weighted by molar-refractivity contribution is 7.99. The Morgan fingerprint density at radius 3 is 2.18 bits per heavy atom. The number of benzene rings is 2. The van der Waals surface area contributed by atoms with Gasteiger partial charge in [0.05, 0.1) is 0 Å². The van der Waals surface area contributed by atoms with Crippen LogP contribution in [0.5, 0.6) is 0 Å². The lowest BCUT2D eigenvalue weighted by Gasteiger charge is -2.14. The zero-order valence-corrected chi connectivity index (χ0v) is 12.8. The van der Waals surface area contributed by atoms with E-state index in [1.165, 1.54) is 0 Å². The molecule has 0 aliphatic carbocycles. The van der Waals surface area contributed by atoms with Gasteiger partial charge in [0.15, 0.2) is 6.04 Å². The van der Waals surface area contributed by atoms with E-state index in [9.17, 15) is 14.7 Å². The summed E-state index contributed by atoms with van der Waals surface area (Å²) in [6.07, 6.45) is 0.274. The van der Waals surface area contributed by atoms with Gasteiger partial charge in [-0.2, -0.15) is 0 Å². The Bertz CT molecular complexity index is 616. The highest BCUT2D eigenvalue weighted by Gasteiger charge is 2.21. The molecular weight excluding hydrogens is 298 g/mol. The maximum Gasteiger partial charge on any atom is 0.330 e. The minimum absolute atomic E-state index is 0.264. The first-order valence-electron chi connectivity index (χ1n) is 6.92. The van der Waals surface area contributed by atoms with Crippen LogP contribution in [0.4, 0.5) is 0 Å². The molecule has 2 aromatic rings. The van der Waals surface area contributed by atoms with E-state index in [-0.39, 0.29) is 12.3 Å². The van der Waals surface area contributed by atoms with Crippen molar-refractivity contribution in [3.63, 3.8) is 0 Å². The molecule has 4 nitrogen and oxygen atoms in total. The van der Waals surface area contributed by atoms with Crippen molar-refractivity contribution in [2.24, 2.45) is 0 Å². The number of hydrogen-bond acceptors (Lipinski definition) is 3. The quantitative estimate of drug-likeness (QED) is 0.771. The first kappa shape index (κ1) is 16.1. The average molecular weight is 315 g/mol. The van der Waals surface area contributed by atoms with Crippen molar-refractivity contribution in [3.05, 3.63) is 66.2 Å². The van der Waals surface area contributed by atoms with Gasteiger partial charge in [0, 0.05) is 17.1 Å². The van der Waals surface area contributed by atoms with Gasteiger partial charge in [-0.1, -0.05) is 48.5 Å². The number of carbonyl (C=O) groups is 2. The van der Waals surface area contributed by atoms with E-state index in [0.29, 0.717) is 11.3 Å². The van der Waals surface area contributed by atoms with Crippen molar-refractivity contribution in [2.75, 3.05) is 5.75 Å². The first-order valence-corrected chi connectivity index (χ1v) is 7.90. The van der Waals surface area contributed by atoms with Crippen LogP contribution < -0.4 is 5.32 Å². The van der Waals surface area contributed by atoms with Gasteiger partial charge in [0.2, 0.25) is 5.91 Å². The molecule has 0 radical (unpaired) electrons. The third kappa shape index (κ3) is 4.93. The smallest absolute Gasteiger partial charge is 0.330 e. The van der Waals surface area contributed by atoms with Crippen molar-refractivity contribution in [1.29, 1.82) is 0 Å². The lowest BCUT2D eigenvalue weighted by atomic mass is 10.1. The second-order valence-corrected chi connectivity index (χ2v) is 5.83. The molecule has 1 unspecified atom stereocenters. The molecule has 2 aromatic carbocycles. The van der Waals surface area contributed by atoms with Crippen LogP contribution in [-0.2, 0) is 9.59 Å². The number of rotatable bonds is 7. The molecule has 0 saturated carbocycles. The molecule has 0 saturated heterocycles. The van der Waals surface area contributed by atoms with E-state index in [1.54, 1.807) is 42.1 Å². The largest absolute Gasteiger partial charge is 0.479 e. The molecule has 2 rings (SSSR count). The molecule has 1 amide bonds. The molecule has 22 heavy (non-hydrogen) atoms. The zero-order chi connectivity index (χ0) is 15.8. The van der Waals surface area contributed by atoms with Gasteiger partial charge in [-0.05, 0) is 17.7 Å². The third-order valence-electron chi connectivity index (χ3n) is 3.03. The van der Waals surface area contributed by atoms with Gasteiger partial charge in [0.25, 0.3) is 0 Å². The molecule has 5 heteroatoms. The van der Waals surface area contributed by atoms with Crippen LogP contribution >= 0.6 is 11.8 Å². The monoisotopic (exact) mass is 315 g/mol. The van der Waals surface area contributed by atoms with Gasteiger partial charge in [-0.25, -0.2) is 4.79 Å². The molecule has 0 aromatic heterocycles. The van der Waals surface area contributed by atoms with E-state index in [1.807, 2.05) is 30.3 Å². The Morgan fingerprint density at radius 1 is 1.00 bits per heavy atom. The maximum absolute atomic E-state index is 11.9. The summed E-state index contributed by atoms with van der Waals surface area (Å²) in [4.78, 5) is 24.3. The topological polar surface area (TPSA) is 66.4 Å². The molecule has 0 bridgehead atoms. The molecule has 2 N–H and O–H groups in total. The molecule has 0 spiro atoms. The summed E-state index contributed by atoms with van der Waals surface area (Å²) >= 11 is 1.57. The summed E-state index contributed by atoms with van der Waals surface area (Å²) in [5, 5.41) is 11.8. The number of carboxylic acids is 1. The Morgan fingerprint density at radius 2 is 1.59 bits per heavy atom. The maximum atomic E-state index is 11.9. The second kappa shape index (κ2) is 8.24. The van der Waals surface area contributed by atoms with Gasteiger partial charge < -0.3 is 10.4 Å². The van der Waals surface area contributed by atoms with Crippen molar-refractivity contribution in [2.45, 2.75) is 17.4 Å². The number of carbonyl (C=O) groups excluding carboxylic acids is 1. The summed E-state index contributed by atoms with van der Waals surface area (Å²) in [7, 11) is 0. The molecule has 0 heterocycles. The Labute approximate surface area is 133 Å². The lowest BCUT2D eigenvalue weighted by molar-refractivity contribution is -0.142. The predicted octanol–water partition coefficient (Wildman–Crippen LogP) is 3.11. The normalized spacial score (nSPS) is 11.6. The van der Waals surface area contributed by atoms with E-state index >= 15 is 0 Å². The lowest BCUT2D eigenvalue weighted by Crippen LogP contribution is -2.33. The number of carboxylic acid groups (broad SMARTS) is 1. The minimum atomic E-state index is -1.06. The van der Waals surface area contributed by atoms with Crippen molar-refractivity contribution in [1.82, 2.24) is 5.32 Å². The number of nitrogens with one attached hydrogen (secondary N) is 1. The zero-order valence-electron chi connectivity index (χ0n) is 11.9. The molecule has 0 aliphatic heterocycles. The van der Waals surface area contributed by atoms with Crippen molar-refractivity contribution in [3.8, 4) is 0 Å². The van der Waals surface area contributed by atoms with Gasteiger partial charge in [-0.3, -0.25) is 4.79 Å². The highest BCUT2D eigenvalue weighted by atomic mass is 32.2.